The molecule has 5 nitrogen and oxygen atoms in total. The summed E-state index contributed by atoms with van der Waals surface area (Å²) >= 11 is 9.23. The molecule has 0 amide bonds. The highest BCUT2D eigenvalue weighted by atomic mass is 35.5. The van der Waals surface area contributed by atoms with Gasteiger partial charge in [-0.3, -0.25) is 9.59 Å². The number of nitrogens with zero attached hydrogens (tertiary/aromatic N) is 3. The normalized spacial score (nSPS) is 21.2. The number of carbonyl (C=O) groups is 2. The summed E-state index contributed by atoms with van der Waals surface area (Å²) in [5, 5.41) is 7.28. The van der Waals surface area contributed by atoms with Crippen molar-refractivity contribution in [2.45, 2.75) is 25.1 Å². The Bertz CT molecular complexity index is 1070. The molecule has 1 spiro atoms. The summed E-state index contributed by atoms with van der Waals surface area (Å²) in [6.07, 6.45) is 0. The number of benzene rings is 2. The molecule has 2 aliphatic rings. The maximum absolute atomic E-state index is 12.4. The van der Waals surface area contributed by atoms with Crippen molar-refractivity contribution in [3.8, 4) is 0 Å². The standard InChI is InChI=1S/C21H18ClN3O2S2/c1-13-19(14(2)26)28-21(24(13)16-9-5-4-6-10-16)25(23-20(29-21)15(3)27)18-12-8-7-11-17(18)22/h4-12H,1-3H3. The van der Waals surface area contributed by atoms with E-state index in [1.165, 1.54) is 30.4 Å². The van der Waals surface area contributed by atoms with E-state index >= 15 is 0 Å². The number of Topliss-reactive ketones (excluding diaryl/α,β-unsaturated/α-hetero) is 2. The van der Waals surface area contributed by atoms with Crippen molar-refractivity contribution in [1.82, 2.24) is 0 Å². The number of allylic oxidation sites excluding steroid dienone is 2. The molecule has 148 valence electrons. The van der Waals surface area contributed by atoms with Gasteiger partial charge in [-0.2, -0.15) is 5.10 Å². The average molecular weight is 444 g/mol. The molecule has 0 bridgehead atoms. The number of ketones is 2. The van der Waals surface area contributed by atoms with E-state index < -0.39 is 4.33 Å². The first-order valence-electron chi connectivity index (χ1n) is 8.94. The van der Waals surface area contributed by atoms with Crippen molar-refractivity contribution in [3.05, 3.63) is 70.2 Å². The SMILES string of the molecule is CC(=O)C1=NN(c2ccccc2Cl)C2(S1)SC(C(C)=O)=C(C)N2c1ccccc1. The monoisotopic (exact) mass is 443 g/mol. The fourth-order valence-electron chi connectivity index (χ4n) is 3.35. The van der Waals surface area contributed by atoms with Crippen LogP contribution in [0.15, 0.2) is 70.3 Å². The molecular weight excluding hydrogens is 426 g/mol. The molecular formula is C21H18ClN3O2S2. The number of carbonyl (C=O) groups excluding carboxylic acids is 2. The molecule has 0 aliphatic carbocycles. The molecule has 0 saturated carbocycles. The lowest BCUT2D eigenvalue weighted by Crippen LogP contribution is -2.49. The molecule has 2 aliphatic heterocycles. The molecule has 0 fully saturated rings. The highest BCUT2D eigenvalue weighted by Gasteiger charge is 2.57. The van der Waals surface area contributed by atoms with Crippen molar-refractivity contribution in [2.75, 3.05) is 9.91 Å². The first kappa shape index (κ1) is 20.1. The van der Waals surface area contributed by atoms with Gasteiger partial charge in [0, 0.05) is 18.3 Å². The summed E-state index contributed by atoms with van der Waals surface area (Å²) in [7, 11) is 0. The van der Waals surface area contributed by atoms with Crippen molar-refractivity contribution >= 4 is 63.1 Å². The van der Waals surface area contributed by atoms with Gasteiger partial charge >= 0.3 is 0 Å². The second-order valence-corrected chi connectivity index (χ2v) is 9.63. The van der Waals surface area contributed by atoms with Crippen LogP contribution in [0.2, 0.25) is 5.02 Å². The smallest absolute Gasteiger partial charge is 0.245 e. The number of anilines is 2. The Labute approximate surface area is 182 Å². The number of hydrogen-bond acceptors (Lipinski definition) is 7. The lowest BCUT2D eigenvalue weighted by Gasteiger charge is -2.41. The summed E-state index contributed by atoms with van der Waals surface area (Å²) in [6.45, 7) is 4.97. The van der Waals surface area contributed by atoms with E-state index in [0.29, 0.717) is 20.7 Å². The van der Waals surface area contributed by atoms with Crippen LogP contribution in [0, 0.1) is 0 Å². The summed E-state index contributed by atoms with van der Waals surface area (Å²) in [5.41, 5.74) is 2.39. The third-order valence-corrected chi connectivity index (χ3v) is 8.00. The minimum Gasteiger partial charge on any atom is -0.301 e. The maximum Gasteiger partial charge on any atom is 0.245 e. The van der Waals surface area contributed by atoms with E-state index in [1.54, 1.807) is 18.0 Å². The van der Waals surface area contributed by atoms with Crippen molar-refractivity contribution in [1.29, 1.82) is 0 Å². The number of para-hydroxylation sites is 2. The Morgan fingerprint density at radius 2 is 1.62 bits per heavy atom. The number of halogens is 1. The van der Waals surface area contributed by atoms with Gasteiger partial charge in [0.15, 0.2) is 16.6 Å². The Morgan fingerprint density at radius 3 is 2.24 bits per heavy atom. The van der Waals surface area contributed by atoms with E-state index in [4.69, 9.17) is 11.6 Å². The largest absolute Gasteiger partial charge is 0.301 e. The summed E-state index contributed by atoms with van der Waals surface area (Å²) in [6, 6.07) is 17.2. The summed E-state index contributed by atoms with van der Waals surface area (Å²) in [4.78, 5) is 27.4. The van der Waals surface area contributed by atoms with Crippen LogP contribution < -0.4 is 9.91 Å². The van der Waals surface area contributed by atoms with Crippen LogP contribution in [0.1, 0.15) is 20.8 Å². The van der Waals surface area contributed by atoms with Crippen LogP contribution in [0.25, 0.3) is 0 Å². The minimum absolute atomic E-state index is 0.0266. The van der Waals surface area contributed by atoms with Gasteiger partial charge in [-0.15, -0.1) is 0 Å². The van der Waals surface area contributed by atoms with Crippen LogP contribution in [0.4, 0.5) is 11.4 Å². The third-order valence-electron chi connectivity index (χ3n) is 4.59. The number of rotatable bonds is 4. The Hall–Kier alpha value is -2.22. The molecule has 0 aromatic heterocycles. The molecule has 0 N–H and O–H groups in total. The van der Waals surface area contributed by atoms with Gasteiger partial charge in [0.05, 0.1) is 15.6 Å². The first-order valence-corrected chi connectivity index (χ1v) is 11.0. The van der Waals surface area contributed by atoms with Crippen LogP contribution in [0.5, 0.6) is 0 Å². The van der Waals surface area contributed by atoms with Gasteiger partial charge in [0.2, 0.25) is 4.33 Å². The highest BCUT2D eigenvalue weighted by Crippen LogP contribution is 2.60. The molecule has 0 radical (unpaired) electrons. The number of thioether (sulfide) groups is 2. The molecule has 4 rings (SSSR count). The van der Waals surface area contributed by atoms with Crippen LogP contribution in [-0.4, -0.2) is 20.9 Å². The number of hydrazone groups is 1. The fraction of sp³-hybridized carbons (Fsp3) is 0.190. The first-order chi connectivity index (χ1) is 13.8. The lowest BCUT2D eigenvalue weighted by molar-refractivity contribution is -0.113. The molecule has 1 atom stereocenters. The predicted octanol–water partition coefficient (Wildman–Crippen LogP) is 5.48. The van der Waals surface area contributed by atoms with E-state index in [0.717, 1.165) is 11.4 Å². The minimum atomic E-state index is -0.904. The Morgan fingerprint density at radius 1 is 0.966 bits per heavy atom. The summed E-state index contributed by atoms with van der Waals surface area (Å²) < 4.78 is -0.904. The van der Waals surface area contributed by atoms with Gasteiger partial charge in [-0.25, -0.2) is 5.01 Å². The number of hydrogen-bond donors (Lipinski definition) is 0. The van der Waals surface area contributed by atoms with E-state index in [-0.39, 0.29) is 11.6 Å². The van der Waals surface area contributed by atoms with Crippen LogP contribution in [-0.2, 0) is 9.59 Å². The molecule has 1 unspecified atom stereocenters. The highest BCUT2D eigenvalue weighted by molar-refractivity contribution is 8.29. The molecule has 2 heterocycles. The third kappa shape index (κ3) is 3.27. The molecule has 2 aromatic carbocycles. The molecule has 2 aromatic rings. The van der Waals surface area contributed by atoms with Gasteiger partial charge in [-0.1, -0.05) is 53.7 Å². The van der Waals surface area contributed by atoms with Gasteiger partial charge in [0.25, 0.3) is 0 Å². The van der Waals surface area contributed by atoms with Crippen LogP contribution in [0.3, 0.4) is 0 Å². The lowest BCUT2D eigenvalue weighted by atomic mass is 10.2. The van der Waals surface area contributed by atoms with Crippen molar-refractivity contribution in [2.24, 2.45) is 5.10 Å². The zero-order valence-electron chi connectivity index (χ0n) is 16.0. The van der Waals surface area contributed by atoms with E-state index in [9.17, 15) is 9.59 Å². The predicted molar refractivity (Wildman–Crippen MR) is 122 cm³/mol. The van der Waals surface area contributed by atoms with Crippen LogP contribution >= 0.6 is 35.1 Å². The van der Waals surface area contributed by atoms with Crippen molar-refractivity contribution in [3.63, 3.8) is 0 Å². The second kappa shape index (κ2) is 7.55. The van der Waals surface area contributed by atoms with Gasteiger partial charge in [-0.05, 0) is 49.9 Å². The topological polar surface area (TPSA) is 53.0 Å². The van der Waals surface area contributed by atoms with Gasteiger partial charge < -0.3 is 4.90 Å². The zero-order valence-corrected chi connectivity index (χ0v) is 18.4. The quantitative estimate of drug-likeness (QED) is 0.623. The molecule has 0 saturated heterocycles. The molecule has 8 heteroatoms. The molecule has 29 heavy (non-hydrogen) atoms. The summed E-state index contributed by atoms with van der Waals surface area (Å²) in [5.74, 6) is -0.159. The van der Waals surface area contributed by atoms with Crippen molar-refractivity contribution < 1.29 is 9.59 Å². The average Bonchev–Trinajstić information content (AvgIpc) is 3.21. The second-order valence-electron chi connectivity index (χ2n) is 6.62. The Kier molecular flexibility index (Phi) is 5.23. The zero-order chi connectivity index (χ0) is 20.8. The van der Waals surface area contributed by atoms with Gasteiger partial charge in [0.1, 0.15) is 0 Å². The fourth-order valence-corrected chi connectivity index (χ4v) is 6.50. The maximum atomic E-state index is 12.4. The van der Waals surface area contributed by atoms with E-state index in [1.807, 2.05) is 55.5 Å². The van der Waals surface area contributed by atoms with E-state index in [2.05, 4.69) is 10.0 Å². The Balaban J connectivity index is 1.94.